The third-order valence-corrected chi connectivity index (χ3v) is 6.42. The van der Waals surface area contributed by atoms with Crippen molar-refractivity contribution in [3.8, 4) is 22.4 Å². The second-order valence-electron chi connectivity index (χ2n) is 7.26. The highest BCUT2D eigenvalue weighted by Crippen LogP contribution is 2.43. The molecule has 0 atom stereocenters. The molecule has 136 valence electrons. The molecule has 5 aromatic rings. The third kappa shape index (κ3) is 2.81. The van der Waals surface area contributed by atoms with Gasteiger partial charge in [0.25, 0.3) is 0 Å². The van der Waals surface area contributed by atoms with Crippen molar-refractivity contribution in [1.29, 1.82) is 0 Å². The van der Waals surface area contributed by atoms with Crippen LogP contribution >= 0.6 is 11.3 Å². The van der Waals surface area contributed by atoms with Crippen molar-refractivity contribution < 1.29 is 1.37 Å². The number of rotatable bonds is 3. The number of hydrogen-bond donors (Lipinski definition) is 0. The highest BCUT2D eigenvalue weighted by molar-refractivity contribution is 7.26. The van der Waals surface area contributed by atoms with Crippen LogP contribution < -0.4 is 0 Å². The molecule has 0 saturated heterocycles. The Morgan fingerprint density at radius 1 is 0.857 bits per heavy atom. The van der Waals surface area contributed by atoms with Crippen LogP contribution in [0.25, 0.3) is 42.6 Å². The Labute approximate surface area is 170 Å². The smallest absolute Gasteiger partial charge is 0.0719 e. The van der Waals surface area contributed by atoms with Crippen molar-refractivity contribution >= 4 is 31.5 Å². The lowest BCUT2D eigenvalue weighted by Crippen LogP contribution is -1.90. The summed E-state index contributed by atoms with van der Waals surface area (Å²) in [4.78, 5) is 4.65. The normalized spacial score (nSPS) is 12.4. The minimum Gasteiger partial charge on any atom is -0.256 e. The first-order valence-corrected chi connectivity index (χ1v) is 10.3. The summed E-state index contributed by atoms with van der Waals surface area (Å²) in [6, 6.07) is 27.6. The standard InChI is InChI=1S/C26H21NS/c1-17(2)19-14-15-27-23(16-19)21-11-6-12-22-25-20(18-8-4-3-5-9-18)10-7-13-24(25)28-26(21)22/h3-17H,1-2H3/i17D. The van der Waals surface area contributed by atoms with Gasteiger partial charge in [-0.05, 0) is 40.8 Å². The van der Waals surface area contributed by atoms with Crippen molar-refractivity contribution in [2.45, 2.75) is 19.7 Å². The largest absolute Gasteiger partial charge is 0.256 e. The van der Waals surface area contributed by atoms with Crippen LogP contribution in [0.3, 0.4) is 0 Å². The van der Waals surface area contributed by atoms with E-state index in [1.54, 1.807) is 0 Å². The first-order valence-electron chi connectivity index (χ1n) is 9.99. The fraction of sp³-hybridized carbons (Fsp3) is 0.115. The lowest BCUT2D eigenvalue weighted by Gasteiger charge is -2.08. The Balaban J connectivity index is 1.79. The minimum atomic E-state index is -0.647. The minimum absolute atomic E-state index is 0.647. The molecule has 0 unspecified atom stereocenters. The summed E-state index contributed by atoms with van der Waals surface area (Å²) >= 11 is 1.82. The summed E-state index contributed by atoms with van der Waals surface area (Å²) in [7, 11) is 0. The first kappa shape index (κ1) is 16.0. The van der Waals surface area contributed by atoms with E-state index in [0.717, 1.165) is 16.8 Å². The van der Waals surface area contributed by atoms with Gasteiger partial charge in [-0.25, -0.2) is 0 Å². The third-order valence-electron chi connectivity index (χ3n) is 5.22. The van der Waals surface area contributed by atoms with Gasteiger partial charge in [0, 0.05) is 33.3 Å². The lowest BCUT2D eigenvalue weighted by atomic mass is 9.97. The Hall–Kier alpha value is -2.97. The Kier molecular flexibility index (Phi) is 3.94. The van der Waals surface area contributed by atoms with Crippen molar-refractivity contribution in [1.82, 2.24) is 4.98 Å². The molecule has 0 aliphatic carbocycles. The number of hydrogen-bond acceptors (Lipinski definition) is 2. The van der Waals surface area contributed by atoms with Gasteiger partial charge in [0.15, 0.2) is 0 Å². The molecule has 28 heavy (non-hydrogen) atoms. The van der Waals surface area contributed by atoms with Crippen LogP contribution in [0.4, 0.5) is 0 Å². The first-order chi connectivity index (χ1) is 14.0. The number of fused-ring (bicyclic) bond motifs is 3. The SMILES string of the molecule is [2H]C(C)(C)c1ccnc(-c2cccc3c2sc2cccc(-c4ccccc4)c23)c1. The van der Waals surface area contributed by atoms with E-state index in [-0.39, 0.29) is 0 Å². The zero-order valence-corrected chi connectivity index (χ0v) is 16.8. The van der Waals surface area contributed by atoms with Crippen molar-refractivity contribution in [3.63, 3.8) is 0 Å². The van der Waals surface area contributed by atoms with Crippen LogP contribution in [-0.2, 0) is 0 Å². The monoisotopic (exact) mass is 380 g/mol. The molecule has 3 aromatic carbocycles. The summed E-state index contributed by atoms with van der Waals surface area (Å²) in [5, 5.41) is 2.57. The molecule has 0 amide bonds. The maximum absolute atomic E-state index is 8.38. The number of nitrogens with zero attached hydrogens (tertiary/aromatic N) is 1. The summed E-state index contributed by atoms with van der Waals surface area (Å²) in [6.07, 6.45) is 1.82. The van der Waals surface area contributed by atoms with E-state index in [0.29, 0.717) is 0 Å². The van der Waals surface area contributed by atoms with E-state index >= 15 is 0 Å². The summed E-state index contributed by atoms with van der Waals surface area (Å²) < 4.78 is 10.9. The predicted octanol–water partition coefficient (Wildman–Crippen LogP) is 7.91. The number of thiophene rings is 1. The van der Waals surface area contributed by atoms with E-state index in [9.17, 15) is 0 Å². The van der Waals surface area contributed by atoms with Gasteiger partial charge in [-0.15, -0.1) is 11.3 Å². The van der Waals surface area contributed by atoms with E-state index in [1.165, 1.54) is 31.3 Å². The fourth-order valence-electron chi connectivity index (χ4n) is 3.80. The fourth-order valence-corrected chi connectivity index (χ4v) is 5.05. The highest BCUT2D eigenvalue weighted by atomic mass is 32.1. The maximum atomic E-state index is 8.38. The van der Waals surface area contributed by atoms with E-state index in [1.807, 2.05) is 37.4 Å². The number of benzene rings is 3. The van der Waals surface area contributed by atoms with Gasteiger partial charge in [0.2, 0.25) is 0 Å². The van der Waals surface area contributed by atoms with Crippen LogP contribution in [0.2, 0.25) is 0 Å². The molecule has 0 saturated carbocycles. The number of pyridine rings is 1. The van der Waals surface area contributed by atoms with Crippen LogP contribution in [0.15, 0.2) is 85.1 Å². The molecule has 0 N–H and O–H groups in total. The molecular weight excluding hydrogens is 358 g/mol. The van der Waals surface area contributed by atoms with Gasteiger partial charge in [0.05, 0.1) is 5.69 Å². The van der Waals surface area contributed by atoms with Crippen LogP contribution in [0, 0.1) is 0 Å². The summed E-state index contributed by atoms with van der Waals surface area (Å²) in [5.41, 5.74) is 5.54. The maximum Gasteiger partial charge on any atom is 0.0719 e. The van der Waals surface area contributed by atoms with Gasteiger partial charge in [-0.1, -0.05) is 74.5 Å². The molecule has 2 heteroatoms. The van der Waals surface area contributed by atoms with Crippen LogP contribution in [-0.4, -0.2) is 4.98 Å². The summed E-state index contributed by atoms with van der Waals surface area (Å²) in [6.45, 7) is 3.83. The van der Waals surface area contributed by atoms with Gasteiger partial charge >= 0.3 is 0 Å². The quantitative estimate of drug-likeness (QED) is 0.310. The van der Waals surface area contributed by atoms with E-state index < -0.39 is 5.89 Å². The Morgan fingerprint density at radius 2 is 1.64 bits per heavy atom. The lowest BCUT2D eigenvalue weighted by molar-refractivity contribution is 0.864. The topological polar surface area (TPSA) is 12.9 Å². The second kappa shape index (κ2) is 6.88. The summed E-state index contributed by atoms with van der Waals surface area (Å²) in [5.74, 6) is -0.647. The molecule has 1 nitrogen and oxygen atoms in total. The van der Waals surface area contributed by atoms with E-state index in [2.05, 4.69) is 77.8 Å². The molecule has 5 rings (SSSR count). The van der Waals surface area contributed by atoms with Gasteiger partial charge in [-0.3, -0.25) is 4.98 Å². The average molecular weight is 381 g/mol. The molecule has 2 heterocycles. The molecule has 0 radical (unpaired) electrons. The second-order valence-corrected chi connectivity index (χ2v) is 8.31. The van der Waals surface area contributed by atoms with Gasteiger partial charge in [0.1, 0.15) is 0 Å². The highest BCUT2D eigenvalue weighted by Gasteiger charge is 2.15. The van der Waals surface area contributed by atoms with Gasteiger partial charge < -0.3 is 0 Å². The van der Waals surface area contributed by atoms with Crippen molar-refractivity contribution in [3.05, 3.63) is 90.6 Å². The molecule has 2 aromatic heterocycles. The Bertz CT molecular complexity index is 1330. The molecular formula is C26H21NS. The molecule has 0 aliphatic rings. The zero-order chi connectivity index (χ0) is 20.0. The molecule has 0 bridgehead atoms. The van der Waals surface area contributed by atoms with Gasteiger partial charge in [-0.2, -0.15) is 0 Å². The number of aromatic nitrogens is 1. The van der Waals surface area contributed by atoms with Crippen molar-refractivity contribution in [2.24, 2.45) is 0 Å². The van der Waals surface area contributed by atoms with Crippen LogP contribution in [0.5, 0.6) is 0 Å². The predicted molar refractivity (Wildman–Crippen MR) is 122 cm³/mol. The Morgan fingerprint density at radius 3 is 2.46 bits per heavy atom. The average Bonchev–Trinajstić information content (AvgIpc) is 3.13. The van der Waals surface area contributed by atoms with E-state index in [4.69, 9.17) is 1.37 Å². The van der Waals surface area contributed by atoms with Crippen LogP contribution in [0.1, 0.15) is 26.7 Å². The zero-order valence-electron chi connectivity index (χ0n) is 16.9. The molecule has 0 aliphatic heterocycles. The van der Waals surface area contributed by atoms with Crippen molar-refractivity contribution in [2.75, 3.05) is 0 Å². The molecule has 0 fully saturated rings. The molecule has 0 spiro atoms.